The number of carbonyl (C=O) groups excluding carboxylic acids is 2. The number of carbonyl (C=O) groups is 2. The molecule has 3 aromatic carbocycles. The van der Waals surface area contributed by atoms with Gasteiger partial charge in [0.05, 0.1) is 25.1 Å². The lowest BCUT2D eigenvalue weighted by molar-refractivity contribution is -0.120. The molecule has 0 aliphatic heterocycles. The first-order valence-corrected chi connectivity index (χ1v) is 12.1. The Bertz CT molecular complexity index is 1380. The van der Waals surface area contributed by atoms with Gasteiger partial charge >= 0.3 is 0 Å². The molecule has 188 valence electrons. The number of hydrazone groups is 1. The molecular formula is C29H29N5O3. The highest BCUT2D eigenvalue weighted by molar-refractivity contribution is 5.96. The standard InChI is InChI=1S/C29H29N5O3/c1-3-16-37-26-14-12-22(13-15-26)28-24(20-34(33-28)25-10-5-4-6-11-25)18-31-32-27(35)19-30-29(36)23-9-7-8-21(2)17-23/h4-15,17-18,20H,3,16,19H2,1-2H3,(H,30,36)(H,32,35). The maximum absolute atomic E-state index is 12.3. The summed E-state index contributed by atoms with van der Waals surface area (Å²) in [6.45, 7) is 4.43. The quantitative estimate of drug-likeness (QED) is 0.250. The zero-order chi connectivity index (χ0) is 26.0. The summed E-state index contributed by atoms with van der Waals surface area (Å²) in [5.74, 6) is 0.0376. The average Bonchev–Trinajstić information content (AvgIpc) is 3.35. The van der Waals surface area contributed by atoms with E-state index in [9.17, 15) is 9.59 Å². The van der Waals surface area contributed by atoms with E-state index in [1.165, 1.54) is 0 Å². The molecular weight excluding hydrogens is 466 g/mol. The zero-order valence-corrected chi connectivity index (χ0v) is 20.8. The third-order valence-corrected chi connectivity index (χ3v) is 5.45. The van der Waals surface area contributed by atoms with Crippen molar-refractivity contribution < 1.29 is 14.3 Å². The number of amides is 2. The molecule has 2 N–H and O–H groups in total. The molecule has 0 saturated carbocycles. The molecule has 0 fully saturated rings. The summed E-state index contributed by atoms with van der Waals surface area (Å²) in [4.78, 5) is 24.5. The molecule has 0 unspecified atom stereocenters. The van der Waals surface area contributed by atoms with E-state index in [-0.39, 0.29) is 12.5 Å². The Kier molecular flexibility index (Phi) is 8.44. The Morgan fingerprint density at radius 1 is 1.03 bits per heavy atom. The van der Waals surface area contributed by atoms with E-state index in [2.05, 4.69) is 22.8 Å². The van der Waals surface area contributed by atoms with Gasteiger partial charge in [-0.15, -0.1) is 0 Å². The number of hydrogen-bond acceptors (Lipinski definition) is 5. The summed E-state index contributed by atoms with van der Waals surface area (Å²) in [5, 5.41) is 11.5. The molecule has 0 saturated heterocycles. The monoisotopic (exact) mass is 495 g/mol. The second-order valence-electron chi connectivity index (χ2n) is 8.43. The molecule has 8 heteroatoms. The molecule has 4 rings (SSSR count). The van der Waals surface area contributed by atoms with Crippen molar-refractivity contribution >= 4 is 18.0 Å². The topological polar surface area (TPSA) is 97.6 Å². The molecule has 4 aromatic rings. The fraction of sp³-hybridized carbons (Fsp3) is 0.172. The first-order valence-electron chi connectivity index (χ1n) is 12.1. The van der Waals surface area contributed by atoms with Gasteiger partial charge in [0.2, 0.25) is 0 Å². The number of nitrogens with zero attached hydrogens (tertiary/aromatic N) is 3. The lowest BCUT2D eigenvalue weighted by Crippen LogP contribution is -2.34. The molecule has 0 aliphatic rings. The van der Waals surface area contributed by atoms with Gasteiger partial charge in [0, 0.05) is 22.9 Å². The summed E-state index contributed by atoms with van der Waals surface area (Å²) in [5.41, 5.74) is 7.14. The Labute approximate surface area is 216 Å². The largest absolute Gasteiger partial charge is 0.494 e. The number of hydrogen-bond donors (Lipinski definition) is 2. The van der Waals surface area contributed by atoms with Gasteiger partial charge in [-0.1, -0.05) is 42.8 Å². The van der Waals surface area contributed by atoms with Crippen molar-refractivity contribution in [3.63, 3.8) is 0 Å². The lowest BCUT2D eigenvalue weighted by Gasteiger charge is -2.06. The van der Waals surface area contributed by atoms with Crippen LogP contribution in [0.15, 0.2) is 90.2 Å². The first kappa shape index (κ1) is 25.4. The van der Waals surface area contributed by atoms with Gasteiger partial charge in [0.15, 0.2) is 0 Å². The minimum Gasteiger partial charge on any atom is -0.494 e. The Morgan fingerprint density at radius 2 is 1.81 bits per heavy atom. The minimum absolute atomic E-state index is 0.195. The third kappa shape index (κ3) is 6.91. The van der Waals surface area contributed by atoms with E-state index >= 15 is 0 Å². The highest BCUT2D eigenvalue weighted by Crippen LogP contribution is 2.25. The average molecular weight is 496 g/mol. The van der Waals surface area contributed by atoms with Crippen molar-refractivity contribution in [2.24, 2.45) is 5.10 Å². The van der Waals surface area contributed by atoms with Crippen LogP contribution in [0, 0.1) is 6.92 Å². The van der Waals surface area contributed by atoms with Crippen LogP contribution < -0.4 is 15.5 Å². The summed E-state index contributed by atoms with van der Waals surface area (Å²) in [6.07, 6.45) is 4.33. The van der Waals surface area contributed by atoms with Crippen LogP contribution in [-0.2, 0) is 4.79 Å². The fourth-order valence-corrected chi connectivity index (χ4v) is 3.61. The van der Waals surface area contributed by atoms with Gasteiger partial charge in [-0.05, 0) is 61.9 Å². The molecule has 0 aliphatic carbocycles. The van der Waals surface area contributed by atoms with E-state index in [0.29, 0.717) is 17.9 Å². The van der Waals surface area contributed by atoms with Crippen LogP contribution in [-0.4, -0.2) is 41.0 Å². The normalized spacial score (nSPS) is 10.9. The Balaban J connectivity index is 1.46. The van der Waals surface area contributed by atoms with Gasteiger partial charge in [-0.2, -0.15) is 10.2 Å². The fourth-order valence-electron chi connectivity index (χ4n) is 3.61. The smallest absolute Gasteiger partial charge is 0.259 e. The Hall–Kier alpha value is -4.72. The summed E-state index contributed by atoms with van der Waals surface area (Å²) >= 11 is 0. The molecule has 0 radical (unpaired) electrons. The highest BCUT2D eigenvalue weighted by Gasteiger charge is 2.12. The number of ether oxygens (including phenoxy) is 1. The molecule has 37 heavy (non-hydrogen) atoms. The first-order chi connectivity index (χ1) is 18.0. The van der Waals surface area contributed by atoms with Crippen molar-refractivity contribution in [2.45, 2.75) is 20.3 Å². The number of nitrogens with one attached hydrogen (secondary N) is 2. The molecule has 2 amide bonds. The van der Waals surface area contributed by atoms with Crippen LogP contribution in [0.3, 0.4) is 0 Å². The Morgan fingerprint density at radius 3 is 2.54 bits per heavy atom. The second-order valence-corrected chi connectivity index (χ2v) is 8.43. The number of aryl methyl sites for hydroxylation is 1. The predicted octanol–water partition coefficient (Wildman–Crippen LogP) is 4.52. The number of para-hydroxylation sites is 1. The maximum atomic E-state index is 12.3. The van der Waals surface area contributed by atoms with E-state index in [0.717, 1.165) is 34.5 Å². The summed E-state index contributed by atoms with van der Waals surface area (Å²) < 4.78 is 7.45. The number of aromatic nitrogens is 2. The maximum Gasteiger partial charge on any atom is 0.259 e. The predicted molar refractivity (Wildman–Crippen MR) is 144 cm³/mol. The molecule has 1 aromatic heterocycles. The molecule has 0 bridgehead atoms. The van der Waals surface area contributed by atoms with Crippen LogP contribution in [0.4, 0.5) is 0 Å². The van der Waals surface area contributed by atoms with Gasteiger partial charge < -0.3 is 10.1 Å². The van der Waals surface area contributed by atoms with E-state index in [1.54, 1.807) is 29.1 Å². The van der Waals surface area contributed by atoms with E-state index < -0.39 is 5.91 Å². The van der Waals surface area contributed by atoms with Gasteiger partial charge in [0.1, 0.15) is 11.4 Å². The van der Waals surface area contributed by atoms with Crippen molar-refractivity contribution in [3.05, 3.63) is 102 Å². The van der Waals surface area contributed by atoms with Crippen molar-refractivity contribution in [1.82, 2.24) is 20.5 Å². The van der Waals surface area contributed by atoms with Crippen LogP contribution in [0.1, 0.15) is 34.8 Å². The lowest BCUT2D eigenvalue weighted by atomic mass is 10.1. The second kappa shape index (κ2) is 12.3. The van der Waals surface area contributed by atoms with Crippen molar-refractivity contribution in [2.75, 3.05) is 13.2 Å². The summed E-state index contributed by atoms with van der Waals surface area (Å²) in [6, 6.07) is 24.6. The van der Waals surface area contributed by atoms with Gasteiger partial charge in [-0.3, -0.25) is 9.59 Å². The van der Waals surface area contributed by atoms with Crippen LogP contribution >= 0.6 is 0 Å². The molecule has 0 spiro atoms. The van der Waals surface area contributed by atoms with Crippen LogP contribution in [0.5, 0.6) is 5.75 Å². The number of rotatable bonds is 10. The zero-order valence-electron chi connectivity index (χ0n) is 20.8. The van der Waals surface area contributed by atoms with Crippen molar-refractivity contribution in [1.29, 1.82) is 0 Å². The third-order valence-electron chi connectivity index (χ3n) is 5.45. The highest BCUT2D eigenvalue weighted by atomic mass is 16.5. The SMILES string of the molecule is CCCOc1ccc(-c2nn(-c3ccccc3)cc2C=NNC(=O)CNC(=O)c2cccc(C)c2)cc1. The molecule has 0 atom stereocenters. The van der Waals surface area contributed by atoms with E-state index in [1.807, 2.05) is 73.8 Å². The van der Waals surface area contributed by atoms with E-state index in [4.69, 9.17) is 9.84 Å². The van der Waals surface area contributed by atoms with Gasteiger partial charge in [-0.25, -0.2) is 10.1 Å². The molecule has 1 heterocycles. The van der Waals surface area contributed by atoms with Gasteiger partial charge in [0.25, 0.3) is 11.8 Å². The number of benzene rings is 3. The van der Waals surface area contributed by atoms with Crippen LogP contribution in [0.25, 0.3) is 16.9 Å². The van der Waals surface area contributed by atoms with Crippen molar-refractivity contribution in [3.8, 4) is 22.7 Å². The minimum atomic E-state index is -0.438. The summed E-state index contributed by atoms with van der Waals surface area (Å²) in [7, 11) is 0. The van der Waals surface area contributed by atoms with Crippen LogP contribution in [0.2, 0.25) is 0 Å². The molecule has 8 nitrogen and oxygen atoms in total.